The van der Waals surface area contributed by atoms with Gasteiger partial charge < -0.3 is 19.5 Å². The van der Waals surface area contributed by atoms with E-state index in [0.29, 0.717) is 24.7 Å². The van der Waals surface area contributed by atoms with Crippen LogP contribution in [0.3, 0.4) is 0 Å². The Morgan fingerprint density at radius 2 is 1.64 bits per heavy atom. The van der Waals surface area contributed by atoms with Gasteiger partial charge in [0.2, 0.25) is 0 Å². The molecule has 214 valence electrons. The summed E-state index contributed by atoms with van der Waals surface area (Å²) in [7, 11) is 1.66. The van der Waals surface area contributed by atoms with E-state index in [1.165, 1.54) is 0 Å². The van der Waals surface area contributed by atoms with Crippen molar-refractivity contribution in [3.63, 3.8) is 0 Å². The number of carbonyl (C=O) groups is 1. The summed E-state index contributed by atoms with van der Waals surface area (Å²) in [5.41, 5.74) is 2.78. The molecule has 7 heteroatoms. The zero-order chi connectivity index (χ0) is 29.0. The zero-order valence-electron chi connectivity index (χ0n) is 24.8. The maximum Gasteiger partial charge on any atom is 0.182 e. The Kier molecular flexibility index (Phi) is 10.3. The summed E-state index contributed by atoms with van der Waals surface area (Å²) in [6.07, 6.45) is 2.09. The van der Waals surface area contributed by atoms with Gasteiger partial charge in [0.25, 0.3) is 0 Å². The predicted octanol–water partition coefficient (Wildman–Crippen LogP) is 7.42. The van der Waals surface area contributed by atoms with Crippen molar-refractivity contribution in [2.24, 2.45) is 9.94 Å². The summed E-state index contributed by atoms with van der Waals surface area (Å²) in [6, 6.07) is 11.9. The van der Waals surface area contributed by atoms with E-state index < -0.39 is 0 Å². The lowest BCUT2D eigenvalue weighted by Crippen LogP contribution is -2.32. The largest absolute Gasteiger partial charge is 0.507 e. The van der Waals surface area contributed by atoms with Crippen molar-refractivity contribution < 1.29 is 19.4 Å². The van der Waals surface area contributed by atoms with Gasteiger partial charge in [-0.1, -0.05) is 67.0 Å². The molecule has 1 N–H and O–H groups in total. The lowest BCUT2D eigenvalue weighted by Gasteiger charge is -2.28. The molecule has 0 unspecified atom stereocenters. The summed E-state index contributed by atoms with van der Waals surface area (Å²) in [5.74, 6) is 2.42. The number of rotatable bonds is 10. The van der Waals surface area contributed by atoms with Crippen LogP contribution in [0.4, 0.5) is 0 Å². The summed E-state index contributed by atoms with van der Waals surface area (Å²) >= 11 is 3.38. The molecule has 0 radical (unpaired) electrons. The number of hydrogen-bond acceptors (Lipinski definition) is 5. The van der Waals surface area contributed by atoms with Crippen LogP contribution in [0, 0.1) is 5.92 Å². The lowest BCUT2D eigenvalue weighted by molar-refractivity contribution is 0.0963. The third kappa shape index (κ3) is 7.43. The molecule has 0 bridgehead atoms. The molecule has 0 saturated carbocycles. The first kappa shape index (κ1) is 31.2. The van der Waals surface area contributed by atoms with E-state index in [0.717, 1.165) is 47.7 Å². The van der Waals surface area contributed by atoms with Crippen molar-refractivity contribution in [1.29, 1.82) is 0 Å². The SMILES string of the molecule is CCC[C@H]1CN(CC(=O)c2cc(C(C)(C)C)c(O)c(C(C)(C)C)c2)/C(=N\Br)[C@@H]1c1ccc(OCCOC)cc1. The van der Waals surface area contributed by atoms with Gasteiger partial charge in [0.05, 0.1) is 29.3 Å². The van der Waals surface area contributed by atoms with E-state index in [9.17, 15) is 9.90 Å². The Morgan fingerprint density at radius 1 is 1.05 bits per heavy atom. The number of amidine groups is 1. The molecule has 2 aromatic carbocycles. The highest BCUT2D eigenvalue weighted by molar-refractivity contribution is 9.08. The molecular weight excluding hydrogens is 556 g/mol. The number of nitrogens with zero attached hydrogens (tertiary/aromatic N) is 2. The van der Waals surface area contributed by atoms with Gasteiger partial charge in [-0.2, -0.15) is 4.02 Å². The van der Waals surface area contributed by atoms with Crippen LogP contribution in [0.15, 0.2) is 40.4 Å². The molecule has 2 aromatic rings. The first-order valence-corrected chi connectivity index (χ1v) is 14.6. The molecular formula is C32H45BrN2O4. The van der Waals surface area contributed by atoms with Gasteiger partial charge in [0, 0.05) is 36.3 Å². The molecule has 1 saturated heterocycles. The third-order valence-electron chi connectivity index (χ3n) is 7.45. The first-order valence-electron chi connectivity index (χ1n) is 13.9. The molecule has 0 aliphatic carbocycles. The topological polar surface area (TPSA) is 71.4 Å². The normalized spacial score (nSPS) is 19.1. The van der Waals surface area contributed by atoms with E-state index in [2.05, 4.69) is 85.7 Å². The van der Waals surface area contributed by atoms with Gasteiger partial charge in [-0.25, -0.2) is 0 Å². The number of methoxy groups -OCH3 is 1. The number of phenols is 1. The predicted molar refractivity (Wildman–Crippen MR) is 163 cm³/mol. The highest BCUT2D eigenvalue weighted by atomic mass is 79.9. The van der Waals surface area contributed by atoms with Crippen molar-refractivity contribution in [3.8, 4) is 11.5 Å². The van der Waals surface area contributed by atoms with E-state index in [1.54, 1.807) is 7.11 Å². The molecule has 39 heavy (non-hydrogen) atoms. The molecule has 0 amide bonds. The molecule has 0 spiro atoms. The fourth-order valence-corrected chi connectivity index (χ4v) is 5.85. The minimum Gasteiger partial charge on any atom is -0.507 e. The summed E-state index contributed by atoms with van der Waals surface area (Å²) < 4.78 is 15.4. The van der Waals surface area contributed by atoms with Gasteiger partial charge in [-0.15, -0.1) is 0 Å². The smallest absolute Gasteiger partial charge is 0.182 e. The number of carbonyl (C=O) groups excluding carboxylic acids is 1. The van der Waals surface area contributed by atoms with Crippen molar-refractivity contribution in [2.45, 2.75) is 78.1 Å². The highest BCUT2D eigenvalue weighted by Crippen LogP contribution is 2.41. The Bertz CT molecular complexity index is 1130. The summed E-state index contributed by atoms with van der Waals surface area (Å²) in [6.45, 7) is 16.6. The number of phenolic OH excluding ortho intramolecular Hbond substituents is 1. The van der Waals surface area contributed by atoms with Crippen molar-refractivity contribution in [3.05, 3.63) is 58.7 Å². The monoisotopic (exact) mass is 600 g/mol. The van der Waals surface area contributed by atoms with Gasteiger partial charge in [0.1, 0.15) is 23.9 Å². The second-order valence-corrected chi connectivity index (χ2v) is 13.0. The average Bonchev–Trinajstić information content (AvgIpc) is 3.20. The quantitative estimate of drug-likeness (QED) is 0.227. The van der Waals surface area contributed by atoms with Crippen LogP contribution in [0.5, 0.6) is 11.5 Å². The number of Topliss-reactive ketones (excluding diaryl/α,β-unsaturated/α-hetero) is 1. The number of ether oxygens (including phenoxy) is 2. The molecule has 1 aliphatic rings. The number of likely N-dealkylation sites (tertiary alicyclic amines) is 1. The van der Waals surface area contributed by atoms with E-state index in [-0.39, 0.29) is 34.8 Å². The summed E-state index contributed by atoms with van der Waals surface area (Å²) in [4.78, 5) is 15.9. The molecule has 1 fully saturated rings. The number of halogens is 1. The Morgan fingerprint density at radius 3 is 2.13 bits per heavy atom. The maximum atomic E-state index is 13.8. The van der Waals surface area contributed by atoms with Crippen LogP contribution >= 0.6 is 16.1 Å². The first-order chi connectivity index (χ1) is 18.3. The number of ketones is 1. The maximum absolute atomic E-state index is 13.8. The van der Waals surface area contributed by atoms with E-state index in [1.807, 2.05) is 24.3 Å². The van der Waals surface area contributed by atoms with Crippen LogP contribution in [-0.4, -0.2) is 55.0 Å². The highest BCUT2D eigenvalue weighted by Gasteiger charge is 2.40. The fourth-order valence-electron chi connectivity index (χ4n) is 5.41. The van der Waals surface area contributed by atoms with E-state index >= 15 is 0 Å². The number of hydrogen-bond donors (Lipinski definition) is 1. The Balaban J connectivity index is 1.91. The minimum absolute atomic E-state index is 0.0254. The molecule has 3 rings (SSSR count). The molecule has 0 aromatic heterocycles. The molecule has 6 nitrogen and oxygen atoms in total. The van der Waals surface area contributed by atoms with Gasteiger partial charge in [0.15, 0.2) is 5.78 Å². The van der Waals surface area contributed by atoms with Crippen LogP contribution in [0.1, 0.15) is 94.3 Å². The summed E-state index contributed by atoms with van der Waals surface area (Å²) in [5, 5.41) is 11.1. The van der Waals surface area contributed by atoms with Gasteiger partial charge in [-0.3, -0.25) is 4.79 Å². The second-order valence-electron chi connectivity index (χ2n) is 12.6. The van der Waals surface area contributed by atoms with Gasteiger partial charge in [-0.05, 0) is 53.0 Å². The minimum atomic E-state index is -0.298. The van der Waals surface area contributed by atoms with Crippen LogP contribution < -0.4 is 4.74 Å². The average molecular weight is 602 g/mol. The zero-order valence-corrected chi connectivity index (χ0v) is 26.4. The third-order valence-corrected chi connectivity index (χ3v) is 7.82. The van der Waals surface area contributed by atoms with Crippen molar-refractivity contribution in [1.82, 2.24) is 4.90 Å². The van der Waals surface area contributed by atoms with Gasteiger partial charge >= 0.3 is 0 Å². The Hall–Kier alpha value is -2.38. The molecule has 2 atom stereocenters. The second kappa shape index (κ2) is 12.9. The van der Waals surface area contributed by atoms with Crippen LogP contribution in [0.2, 0.25) is 0 Å². The van der Waals surface area contributed by atoms with Crippen LogP contribution in [0.25, 0.3) is 0 Å². The standard InChI is InChI=1S/C32H45BrN2O4/c1-9-10-22-19-35(30(34-33)28(22)21-11-13-24(14-12-21)39-16-15-38-8)20-27(36)23-17-25(31(2,3)4)29(37)26(18-23)32(5,6)7/h11-14,17-18,22,28,37H,9-10,15-16,19-20H2,1-8H3/b34-30-/t22-,28+/m0/s1. The molecule has 1 aliphatic heterocycles. The lowest BCUT2D eigenvalue weighted by atomic mass is 9.78. The number of benzene rings is 2. The van der Waals surface area contributed by atoms with Crippen LogP contribution in [-0.2, 0) is 15.6 Å². The van der Waals surface area contributed by atoms with E-state index in [4.69, 9.17) is 9.47 Å². The Labute approximate surface area is 243 Å². The molecule has 1 heterocycles. The number of aromatic hydroxyl groups is 1. The van der Waals surface area contributed by atoms with Crippen molar-refractivity contribution in [2.75, 3.05) is 33.4 Å². The fraction of sp³-hybridized carbons (Fsp3) is 0.562. The van der Waals surface area contributed by atoms with Crippen molar-refractivity contribution >= 4 is 27.8 Å².